The van der Waals surface area contributed by atoms with Gasteiger partial charge in [-0.05, 0) is 72.5 Å². The maximum atomic E-state index is 13.3. The van der Waals surface area contributed by atoms with Crippen LogP contribution in [0, 0.1) is 17.8 Å². The maximum Gasteiger partial charge on any atom is 0.338 e. The second-order valence-electron chi connectivity index (χ2n) is 15.5. The first-order valence-electron chi connectivity index (χ1n) is 18.2. The van der Waals surface area contributed by atoms with Gasteiger partial charge in [0.1, 0.15) is 12.2 Å². The van der Waals surface area contributed by atoms with Gasteiger partial charge in [-0.25, -0.2) is 9.59 Å². The SMILES string of the molecule is CCCCC[C@H](C)CC[C@H]1C(O)C[C@H](OC(=O)c2ccc(-c3ccccc3)cc2)[C@@H]1CCCCCC(O[Si](C)(C)C(C)(C)C)C(=O)O. The summed E-state index contributed by atoms with van der Waals surface area (Å²) in [6.45, 7) is 15.1. The van der Waals surface area contributed by atoms with E-state index in [1.165, 1.54) is 25.7 Å². The Kier molecular flexibility index (Phi) is 15.2. The predicted molar refractivity (Wildman–Crippen MR) is 194 cm³/mol. The van der Waals surface area contributed by atoms with Crippen molar-refractivity contribution in [2.45, 2.75) is 148 Å². The van der Waals surface area contributed by atoms with E-state index in [1.54, 1.807) is 0 Å². The molecule has 2 aromatic carbocycles. The molecule has 1 fully saturated rings. The smallest absolute Gasteiger partial charge is 0.338 e. The summed E-state index contributed by atoms with van der Waals surface area (Å²) in [6, 6.07) is 17.6. The fourth-order valence-electron chi connectivity index (χ4n) is 6.74. The van der Waals surface area contributed by atoms with Crippen LogP contribution in [0.15, 0.2) is 54.6 Å². The molecule has 0 saturated heterocycles. The monoisotopic (exact) mass is 666 g/mol. The molecule has 0 amide bonds. The molecule has 1 saturated carbocycles. The summed E-state index contributed by atoms with van der Waals surface area (Å²) in [6.07, 6.45) is 9.65. The van der Waals surface area contributed by atoms with Gasteiger partial charge in [0.05, 0.1) is 11.7 Å². The topological polar surface area (TPSA) is 93.1 Å². The average molecular weight is 667 g/mol. The van der Waals surface area contributed by atoms with Gasteiger partial charge in [0.15, 0.2) is 8.32 Å². The molecular weight excluding hydrogens is 605 g/mol. The van der Waals surface area contributed by atoms with Gasteiger partial charge in [0, 0.05) is 12.3 Å². The highest BCUT2D eigenvalue weighted by atomic mass is 28.4. The van der Waals surface area contributed by atoms with E-state index in [0.29, 0.717) is 24.3 Å². The lowest BCUT2D eigenvalue weighted by molar-refractivity contribution is -0.146. The van der Waals surface area contributed by atoms with Crippen LogP contribution in [0.1, 0.15) is 122 Å². The Labute approximate surface area is 285 Å². The largest absolute Gasteiger partial charge is 0.479 e. The number of carbonyl (C=O) groups excluding carboxylic acids is 1. The Morgan fingerprint density at radius 2 is 1.49 bits per heavy atom. The highest BCUT2D eigenvalue weighted by Gasteiger charge is 2.44. The molecular formula is C40H62O6Si. The van der Waals surface area contributed by atoms with Crippen molar-refractivity contribution in [3.63, 3.8) is 0 Å². The van der Waals surface area contributed by atoms with Crippen molar-refractivity contribution in [1.29, 1.82) is 0 Å². The number of esters is 1. The number of carboxylic acid groups (broad SMARTS) is 1. The number of aliphatic carboxylic acids is 1. The number of rotatable bonds is 19. The molecule has 2 N–H and O–H groups in total. The third kappa shape index (κ3) is 11.9. The fraction of sp³-hybridized carbons (Fsp3) is 0.650. The van der Waals surface area contributed by atoms with E-state index in [9.17, 15) is 19.8 Å². The number of aliphatic hydroxyl groups is 1. The number of benzene rings is 2. The Morgan fingerprint density at radius 3 is 2.11 bits per heavy atom. The predicted octanol–water partition coefficient (Wildman–Crippen LogP) is 10.3. The van der Waals surface area contributed by atoms with Crippen molar-refractivity contribution < 1.29 is 29.0 Å². The minimum atomic E-state index is -2.20. The molecule has 0 bridgehead atoms. The second-order valence-corrected chi connectivity index (χ2v) is 20.3. The van der Waals surface area contributed by atoms with E-state index in [4.69, 9.17) is 9.16 Å². The molecule has 1 aliphatic carbocycles. The van der Waals surface area contributed by atoms with Crippen LogP contribution in [0.3, 0.4) is 0 Å². The van der Waals surface area contributed by atoms with Crippen LogP contribution in [-0.4, -0.2) is 48.8 Å². The molecule has 47 heavy (non-hydrogen) atoms. The lowest BCUT2D eigenvalue weighted by atomic mass is 9.83. The lowest BCUT2D eigenvalue weighted by Gasteiger charge is -2.38. The highest BCUT2D eigenvalue weighted by molar-refractivity contribution is 6.74. The van der Waals surface area contributed by atoms with E-state index in [-0.39, 0.29) is 28.9 Å². The third-order valence-electron chi connectivity index (χ3n) is 10.8. The zero-order valence-electron chi connectivity index (χ0n) is 30.2. The second kappa shape index (κ2) is 18.3. The quantitative estimate of drug-likeness (QED) is 0.0880. The summed E-state index contributed by atoms with van der Waals surface area (Å²) >= 11 is 0. The molecule has 6 atom stereocenters. The average Bonchev–Trinajstić information content (AvgIpc) is 3.31. The van der Waals surface area contributed by atoms with Crippen LogP contribution in [-0.2, 0) is 14.0 Å². The first-order chi connectivity index (χ1) is 22.2. The molecule has 6 nitrogen and oxygen atoms in total. The Morgan fingerprint density at radius 1 is 0.851 bits per heavy atom. The van der Waals surface area contributed by atoms with Gasteiger partial charge in [-0.15, -0.1) is 0 Å². The maximum absolute atomic E-state index is 13.3. The summed E-state index contributed by atoms with van der Waals surface area (Å²) in [5.74, 6) is -0.444. The summed E-state index contributed by atoms with van der Waals surface area (Å²) in [7, 11) is -2.20. The molecule has 7 heteroatoms. The van der Waals surface area contributed by atoms with Gasteiger partial charge in [0.25, 0.3) is 0 Å². The molecule has 0 aliphatic heterocycles. The molecule has 3 rings (SSSR count). The van der Waals surface area contributed by atoms with Gasteiger partial charge in [-0.3, -0.25) is 0 Å². The first-order valence-corrected chi connectivity index (χ1v) is 21.1. The van der Waals surface area contributed by atoms with Crippen molar-refractivity contribution in [2.75, 3.05) is 0 Å². The molecule has 0 aromatic heterocycles. The standard InChI is InChI=1S/C40H62O6Si/c1-8-9-12-17-29(2)22-27-33-34(20-15-11-16-21-36(38(42)43)46-47(6,7)40(3,4)5)37(28-35(33)41)45-39(44)32-25-23-31(24-26-32)30-18-13-10-14-19-30/h10,13-14,18-19,23-26,29,33-37,41H,8-9,11-12,15-17,20-22,27-28H2,1-7H3,(H,42,43)/t29-,33+,34+,35?,36?,37-/m0/s1. The van der Waals surface area contributed by atoms with Crippen molar-refractivity contribution in [1.82, 2.24) is 0 Å². The van der Waals surface area contributed by atoms with Gasteiger partial charge >= 0.3 is 11.9 Å². The van der Waals surface area contributed by atoms with Crippen LogP contribution in [0.4, 0.5) is 0 Å². The van der Waals surface area contributed by atoms with Crippen molar-refractivity contribution in [3.05, 3.63) is 60.2 Å². The van der Waals surface area contributed by atoms with E-state index in [0.717, 1.165) is 49.7 Å². The number of aliphatic hydroxyl groups excluding tert-OH is 1. The molecule has 0 heterocycles. The van der Waals surface area contributed by atoms with Crippen molar-refractivity contribution in [3.8, 4) is 11.1 Å². The van der Waals surface area contributed by atoms with E-state index < -0.39 is 26.5 Å². The number of ether oxygens (including phenoxy) is 1. The van der Waals surface area contributed by atoms with Crippen LogP contribution in [0.25, 0.3) is 11.1 Å². The van der Waals surface area contributed by atoms with Gasteiger partial charge < -0.3 is 19.4 Å². The van der Waals surface area contributed by atoms with Crippen LogP contribution in [0.5, 0.6) is 0 Å². The van der Waals surface area contributed by atoms with E-state index in [1.807, 2.05) is 54.6 Å². The normalized spacial score (nSPS) is 21.4. The van der Waals surface area contributed by atoms with Gasteiger partial charge in [-0.1, -0.05) is 128 Å². The number of carboxylic acids is 1. The summed E-state index contributed by atoms with van der Waals surface area (Å²) in [4.78, 5) is 25.4. The zero-order chi connectivity index (χ0) is 34.6. The van der Waals surface area contributed by atoms with E-state index in [2.05, 4.69) is 47.7 Å². The lowest BCUT2D eigenvalue weighted by Crippen LogP contribution is -2.46. The zero-order valence-corrected chi connectivity index (χ0v) is 31.2. The first kappa shape index (κ1) is 39.0. The summed E-state index contributed by atoms with van der Waals surface area (Å²) in [5, 5.41) is 21.1. The molecule has 1 aliphatic rings. The molecule has 0 spiro atoms. The minimum absolute atomic E-state index is 0.0527. The van der Waals surface area contributed by atoms with Crippen molar-refractivity contribution >= 4 is 20.3 Å². The van der Waals surface area contributed by atoms with Crippen LogP contribution < -0.4 is 0 Å². The number of carbonyl (C=O) groups is 2. The Bertz CT molecular complexity index is 1220. The highest BCUT2D eigenvalue weighted by Crippen LogP contribution is 2.42. The Balaban J connectivity index is 1.63. The molecule has 2 unspecified atom stereocenters. The van der Waals surface area contributed by atoms with Gasteiger partial charge in [-0.2, -0.15) is 0 Å². The van der Waals surface area contributed by atoms with Crippen molar-refractivity contribution in [2.24, 2.45) is 17.8 Å². The minimum Gasteiger partial charge on any atom is -0.479 e. The number of unbranched alkanes of at least 4 members (excludes halogenated alkanes) is 4. The number of hydrogen-bond acceptors (Lipinski definition) is 5. The molecule has 2 aromatic rings. The van der Waals surface area contributed by atoms with E-state index >= 15 is 0 Å². The van der Waals surface area contributed by atoms with Crippen LogP contribution in [0.2, 0.25) is 18.1 Å². The summed E-state index contributed by atoms with van der Waals surface area (Å²) in [5.41, 5.74) is 2.66. The fourth-order valence-corrected chi connectivity index (χ4v) is 8.02. The number of hydrogen-bond donors (Lipinski definition) is 2. The summed E-state index contributed by atoms with van der Waals surface area (Å²) < 4.78 is 12.4. The third-order valence-corrected chi connectivity index (χ3v) is 15.3. The molecule has 262 valence electrons. The molecule has 0 radical (unpaired) electrons. The van der Waals surface area contributed by atoms with Gasteiger partial charge in [0.2, 0.25) is 0 Å². The Hall–Kier alpha value is -2.48. The van der Waals surface area contributed by atoms with Crippen LogP contribution >= 0.6 is 0 Å².